The maximum absolute atomic E-state index is 13.2. The van der Waals surface area contributed by atoms with Crippen molar-refractivity contribution in [2.75, 3.05) is 26.6 Å². The molecule has 1 aromatic carbocycles. The normalized spacial score (nSPS) is 24.4. The van der Waals surface area contributed by atoms with E-state index in [1.807, 2.05) is 23.1 Å². The number of sulfonamides is 1. The van der Waals surface area contributed by atoms with Crippen molar-refractivity contribution in [1.82, 2.24) is 9.21 Å². The molecule has 1 aromatic rings. The predicted octanol–water partition coefficient (Wildman–Crippen LogP) is 2.46. The molecule has 1 aliphatic heterocycles. The average molecular weight is 411 g/mol. The number of benzene rings is 1. The molecule has 0 saturated heterocycles. The van der Waals surface area contributed by atoms with E-state index in [9.17, 15) is 13.2 Å². The van der Waals surface area contributed by atoms with E-state index in [-0.39, 0.29) is 25.3 Å². The molecule has 0 N–H and O–H groups in total. The van der Waals surface area contributed by atoms with Crippen molar-refractivity contribution in [1.29, 1.82) is 0 Å². The standard InChI is InChI=1S/C20H30N2O5S/c1-14-6-5-7-17(15(14)2)22(20(23)12-21(3)28(4,24)25)11-16-8-9-18-19(10-16)27-13-26-18/h8-10,14-15,17H,5-7,11-13H2,1-4H3. The second kappa shape index (κ2) is 8.29. The molecule has 1 fully saturated rings. The van der Waals surface area contributed by atoms with Gasteiger partial charge in [0.05, 0.1) is 12.8 Å². The van der Waals surface area contributed by atoms with Crippen molar-refractivity contribution >= 4 is 15.9 Å². The van der Waals surface area contributed by atoms with Crippen LogP contribution >= 0.6 is 0 Å². The van der Waals surface area contributed by atoms with Crippen molar-refractivity contribution in [3.63, 3.8) is 0 Å². The van der Waals surface area contributed by atoms with Crippen molar-refractivity contribution in [3.05, 3.63) is 23.8 Å². The van der Waals surface area contributed by atoms with Gasteiger partial charge in [0, 0.05) is 19.6 Å². The summed E-state index contributed by atoms with van der Waals surface area (Å²) in [7, 11) is -1.97. The molecule has 3 rings (SSSR count). The third kappa shape index (κ3) is 4.60. The first-order valence-corrected chi connectivity index (χ1v) is 11.6. The molecule has 1 saturated carbocycles. The first kappa shape index (κ1) is 20.9. The van der Waals surface area contributed by atoms with Gasteiger partial charge in [0.2, 0.25) is 22.7 Å². The fourth-order valence-electron chi connectivity index (χ4n) is 4.02. The van der Waals surface area contributed by atoms with Crippen LogP contribution < -0.4 is 9.47 Å². The van der Waals surface area contributed by atoms with Gasteiger partial charge in [0.15, 0.2) is 11.5 Å². The lowest BCUT2D eigenvalue weighted by Crippen LogP contribution is -2.50. The third-order valence-corrected chi connectivity index (χ3v) is 7.36. The first-order valence-electron chi connectivity index (χ1n) is 9.76. The van der Waals surface area contributed by atoms with Gasteiger partial charge in [0.1, 0.15) is 0 Å². The number of carbonyl (C=O) groups is 1. The Bertz CT molecular complexity index is 826. The average Bonchev–Trinajstić information content (AvgIpc) is 3.09. The molecule has 7 nitrogen and oxygen atoms in total. The Balaban J connectivity index is 1.84. The highest BCUT2D eigenvalue weighted by Crippen LogP contribution is 2.36. The van der Waals surface area contributed by atoms with Gasteiger partial charge >= 0.3 is 0 Å². The molecule has 0 aromatic heterocycles. The number of amides is 1. The van der Waals surface area contributed by atoms with Crippen LogP contribution in [0.25, 0.3) is 0 Å². The van der Waals surface area contributed by atoms with E-state index in [0.717, 1.165) is 35.4 Å². The Kier molecular flexibility index (Phi) is 6.19. The number of hydrogen-bond donors (Lipinski definition) is 0. The van der Waals surface area contributed by atoms with E-state index in [0.29, 0.717) is 29.9 Å². The first-order chi connectivity index (χ1) is 13.2. The summed E-state index contributed by atoms with van der Waals surface area (Å²) in [6.45, 7) is 4.89. The molecule has 2 aliphatic rings. The van der Waals surface area contributed by atoms with Crippen LogP contribution in [0, 0.1) is 11.8 Å². The topological polar surface area (TPSA) is 76.2 Å². The monoisotopic (exact) mass is 410 g/mol. The van der Waals surface area contributed by atoms with Gasteiger partial charge in [-0.2, -0.15) is 4.31 Å². The molecule has 1 amide bonds. The maximum atomic E-state index is 13.2. The van der Waals surface area contributed by atoms with Crippen LogP contribution in [0.1, 0.15) is 38.7 Å². The molecule has 0 spiro atoms. The predicted molar refractivity (Wildman–Crippen MR) is 107 cm³/mol. The van der Waals surface area contributed by atoms with Crippen molar-refractivity contribution in [2.24, 2.45) is 11.8 Å². The minimum absolute atomic E-state index is 0.0923. The van der Waals surface area contributed by atoms with Crippen molar-refractivity contribution in [3.8, 4) is 11.5 Å². The molecule has 28 heavy (non-hydrogen) atoms. The minimum atomic E-state index is -3.42. The van der Waals surface area contributed by atoms with Crippen LogP contribution in [0.2, 0.25) is 0 Å². The molecule has 156 valence electrons. The number of rotatable bonds is 6. The van der Waals surface area contributed by atoms with E-state index in [4.69, 9.17) is 9.47 Å². The van der Waals surface area contributed by atoms with Crippen molar-refractivity contribution in [2.45, 2.75) is 45.7 Å². The zero-order valence-electron chi connectivity index (χ0n) is 17.1. The summed E-state index contributed by atoms with van der Waals surface area (Å²) in [4.78, 5) is 15.0. The van der Waals surface area contributed by atoms with Gasteiger partial charge in [-0.15, -0.1) is 0 Å². The second-order valence-corrected chi connectivity index (χ2v) is 10.2. The summed E-state index contributed by atoms with van der Waals surface area (Å²) in [5.41, 5.74) is 0.949. The molecule has 0 bridgehead atoms. The van der Waals surface area contributed by atoms with E-state index < -0.39 is 10.0 Å². The fraction of sp³-hybridized carbons (Fsp3) is 0.650. The second-order valence-electron chi connectivity index (χ2n) is 8.06. The number of carbonyl (C=O) groups excluding carboxylic acids is 1. The smallest absolute Gasteiger partial charge is 0.238 e. The third-order valence-electron chi connectivity index (χ3n) is 6.10. The molecule has 1 heterocycles. The number of likely N-dealkylation sites (N-methyl/N-ethyl adjacent to an activating group) is 1. The maximum Gasteiger partial charge on any atom is 0.238 e. The summed E-state index contributed by atoms with van der Waals surface area (Å²) >= 11 is 0. The minimum Gasteiger partial charge on any atom is -0.454 e. The summed E-state index contributed by atoms with van der Waals surface area (Å²) in [6, 6.07) is 5.79. The van der Waals surface area contributed by atoms with Gasteiger partial charge < -0.3 is 14.4 Å². The molecule has 8 heteroatoms. The van der Waals surface area contributed by atoms with E-state index in [2.05, 4.69) is 13.8 Å². The van der Waals surface area contributed by atoms with Crippen LogP contribution in [0.15, 0.2) is 18.2 Å². The van der Waals surface area contributed by atoms with Crippen LogP contribution in [0.5, 0.6) is 11.5 Å². The molecular weight excluding hydrogens is 380 g/mol. The largest absolute Gasteiger partial charge is 0.454 e. The molecule has 3 unspecified atom stereocenters. The van der Waals surface area contributed by atoms with Crippen LogP contribution in [-0.4, -0.2) is 56.2 Å². The molecular formula is C20H30N2O5S. The van der Waals surface area contributed by atoms with Gasteiger partial charge in [-0.3, -0.25) is 4.79 Å². The van der Waals surface area contributed by atoms with Crippen LogP contribution in [-0.2, 0) is 21.4 Å². The van der Waals surface area contributed by atoms with Crippen LogP contribution in [0.3, 0.4) is 0 Å². The number of ether oxygens (including phenoxy) is 2. The van der Waals surface area contributed by atoms with Gasteiger partial charge in [-0.25, -0.2) is 8.42 Å². The highest BCUT2D eigenvalue weighted by molar-refractivity contribution is 7.88. The lowest BCUT2D eigenvalue weighted by atomic mass is 9.77. The van der Waals surface area contributed by atoms with Crippen LogP contribution in [0.4, 0.5) is 0 Å². The van der Waals surface area contributed by atoms with Gasteiger partial charge in [-0.1, -0.05) is 32.8 Å². The Labute approximate surface area is 167 Å². The summed E-state index contributed by atoms with van der Waals surface area (Å²) in [5.74, 6) is 2.10. The Hall–Kier alpha value is -1.80. The van der Waals surface area contributed by atoms with E-state index >= 15 is 0 Å². The number of fused-ring (bicyclic) bond motifs is 1. The Morgan fingerprint density at radius 3 is 2.61 bits per heavy atom. The lowest BCUT2D eigenvalue weighted by Gasteiger charge is -2.42. The van der Waals surface area contributed by atoms with Gasteiger partial charge in [-0.05, 0) is 36.0 Å². The lowest BCUT2D eigenvalue weighted by molar-refractivity contribution is -0.136. The Morgan fingerprint density at radius 1 is 1.18 bits per heavy atom. The van der Waals surface area contributed by atoms with Gasteiger partial charge in [0.25, 0.3) is 0 Å². The zero-order chi connectivity index (χ0) is 20.5. The highest BCUT2D eigenvalue weighted by Gasteiger charge is 2.35. The molecule has 0 radical (unpaired) electrons. The fourth-order valence-corrected chi connectivity index (χ4v) is 4.36. The quantitative estimate of drug-likeness (QED) is 0.720. The SMILES string of the molecule is CC1CCCC(N(Cc2ccc3c(c2)OCO3)C(=O)CN(C)S(C)(=O)=O)C1C. The van der Waals surface area contributed by atoms with E-state index in [1.54, 1.807) is 0 Å². The van der Waals surface area contributed by atoms with E-state index in [1.165, 1.54) is 7.05 Å². The highest BCUT2D eigenvalue weighted by atomic mass is 32.2. The summed E-state index contributed by atoms with van der Waals surface area (Å²) in [6.07, 6.45) is 4.29. The summed E-state index contributed by atoms with van der Waals surface area (Å²) < 4.78 is 35.5. The Morgan fingerprint density at radius 2 is 1.89 bits per heavy atom. The zero-order valence-corrected chi connectivity index (χ0v) is 17.9. The summed E-state index contributed by atoms with van der Waals surface area (Å²) in [5, 5.41) is 0. The van der Waals surface area contributed by atoms with Crippen molar-refractivity contribution < 1.29 is 22.7 Å². The molecule has 1 aliphatic carbocycles. The number of nitrogens with zero attached hydrogens (tertiary/aromatic N) is 2. The number of hydrogen-bond acceptors (Lipinski definition) is 5. The molecule has 3 atom stereocenters.